The van der Waals surface area contributed by atoms with Crippen LogP contribution in [0.25, 0.3) is 0 Å². The molecule has 0 aromatic carbocycles. The fraction of sp³-hybridized carbons (Fsp3) is 0.867. The van der Waals surface area contributed by atoms with Gasteiger partial charge >= 0.3 is 5.97 Å². The summed E-state index contributed by atoms with van der Waals surface area (Å²) in [6.07, 6.45) is 7.74. The number of nitrogens with one attached hydrogen (secondary N) is 2. The van der Waals surface area contributed by atoms with Crippen molar-refractivity contribution in [3.8, 4) is 0 Å². The van der Waals surface area contributed by atoms with Crippen molar-refractivity contribution in [2.45, 2.75) is 76.4 Å². The largest absolute Gasteiger partial charge is 0.481 e. The Labute approximate surface area is 120 Å². The number of carboxylic acid groups (broad SMARTS) is 1. The Morgan fingerprint density at radius 1 is 1.00 bits per heavy atom. The molecule has 20 heavy (non-hydrogen) atoms. The van der Waals surface area contributed by atoms with E-state index in [4.69, 9.17) is 5.11 Å². The summed E-state index contributed by atoms with van der Waals surface area (Å²) < 4.78 is 0. The minimum Gasteiger partial charge on any atom is -0.481 e. The number of hydrogen-bond acceptors (Lipinski definition) is 3. The normalized spacial score (nSPS) is 29.1. The lowest BCUT2D eigenvalue weighted by atomic mass is 9.86. The van der Waals surface area contributed by atoms with Crippen LogP contribution in [0.1, 0.15) is 58.3 Å². The van der Waals surface area contributed by atoms with Crippen LogP contribution in [0, 0.1) is 5.92 Å². The topological polar surface area (TPSA) is 78.4 Å². The van der Waals surface area contributed by atoms with Crippen LogP contribution in [-0.4, -0.2) is 35.1 Å². The van der Waals surface area contributed by atoms with Gasteiger partial charge in [0.1, 0.15) is 0 Å². The number of carboxylic acids is 1. The summed E-state index contributed by atoms with van der Waals surface area (Å²) >= 11 is 0. The van der Waals surface area contributed by atoms with Crippen molar-refractivity contribution in [3.05, 3.63) is 0 Å². The van der Waals surface area contributed by atoms with E-state index in [9.17, 15) is 9.59 Å². The van der Waals surface area contributed by atoms with E-state index in [1.807, 2.05) is 6.92 Å². The molecule has 2 aliphatic rings. The molecule has 5 nitrogen and oxygen atoms in total. The van der Waals surface area contributed by atoms with E-state index in [1.165, 1.54) is 12.8 Å². The number of amides is 1. The highest BCUT2D eigenvalue weighted by molar-refractivity contribution is 5.81. The fourth-order valence-corrected chi connectivity index (χ4v) is 3.33. The van der Waals surface area contributed by atoms with Gasteiger partial charge in [-0.25, -0.2) is 0 Å². The summed E-state index contributed by atoms with van der Waals surface area (Å²) in [6.45, 7) is 1.90. The number of carbonyl (C=O) groups is 2. The van der Waals surface area contributed by atoms with E-state index >= 15 is 0 Å². The highest BCUT2D eigenvalue weighted by Gasteiger charge is 2.28. The van der Waals surface area contributed by atoms with Gasteiger partial charge in [0, 0.05) is 12.1 Å². The third-order valence-electron chi connectivity index (χ3n) is 4.66. The average Bonchev–Trinajstić information content (AvgIpc) is 2.92. The minimum absolute atomic E-state index is 0.0808. The van der Waals surface area contributed by atoms with Gasteiger partial charge in [-0.05, 0) is 45.4 Å². The monoisotopic (exact) mass is 282 g/mol. The van der Waals surface area contributed by atoms with Gasteiger partial charge < -0.3 is 15.7 Å². The highest BCUT2D eigenvalue weighted by Crippen LogP contribution is 2.24. The zero-order valence-corrected chi connectivity index (χ0v) is 12.2. The predicted molar refractivity (Wildman–Crippen MR) is 76.4 cm³/mol. The molecule has 0 radical (unpaired) electrons. The molecular weight excluding hydrogens is 256 g/mol. The van der Waals surface area contributed by atoms with Crippen molar-refractivity contribution in [2.75, 3.05) is 0 Å². The quantitative estimate of drug-likeness (QED) is 0.716. The van der Waals surface area contributed by atoms with Gasteiger partial charge in [-0.1, -0.05) is 12.8 Å². The highest BCUT2D eigenvalue weighted by atomic mass is 16.4. The van der Waals surface area contributed by atoms with Crippen LogP contribution in [-0.2, 0) is 9.59 Å². The summed E-state index contributed by atoms with van der Waals surface area (Å²) in [6, 6.07) is 0.436. The lowest BCUT2D eigenvalue weighted by Crippen LogP contribution is -2.49. The second-order valence-corrected chi connectivity index (χ2v) is 6.27. The Kier molecular flexibility index (Phi) is 5.40. The average molecular weight is 282 g/mol. The second-order valence-electron chi connectivity index (χ2n) is 6.27. The predicted octanol–water partition coefficient (Wildman–Crippen LogP) is 1.67. The Balaban J connectivity index is 1.70. The van der Waals surface area contributed by atoms with Gasteiger partial charge in [-0.15, -0.1) is 0 Å². The third kappa shape index (κ3) is 4.20. The van der Waals surface area contributed by atoms with Crippen molar-refractivity contribution in [2.24, 2.45) is 5.92 Å². The van der Waals surface area contributed by atoms with Crippen molar-refractivity contribution >= 4 is 11.9 Å². The molecule has 1 atom stereocenters. The molecule has 0 saturated heterocycles. The zero-order chi connectivity index (χ0) is 14.5. The van der Waals surface area contributed by atoms with E-state index in [1.54, 1.807) is 0 Å². The summed E-state index contributed by atoms with van der Waals surface area (Å²) in [5, 5.41) is 15.4. The fourth-order valence-electron chi connectivity index (χ4n) is 3.33. The number of carbonyl (C=O) groups excluding carboxylic acids is 1. The molecule has 0 bridgehead atoms. The van der Waals surface area contributed by atoms with Crippen LogP contribution in [0.5, 0.6) is 0 Å². The van der Waals surface area contributed by atoms with E-state index in [0.29, 0.717) is 18.9 Å². The summed E-state index contributed by atoms with van der Waals surface area (Å²) in [5.41, 5.74) is 0. The Hall–Kier alpha value is -1.10. The van der Waals surface area contributed by atoms with Crippen molar-refractivity contribution in [1.29, 1.82) is 0 Å². The molecule has 0 heterocycles. The molecule has 0 aliphatic heterocycles. The molecule has 3 N–H and O–H groups in total. The Morgan fingerprint density at radius 3 is 2.15 bits per heavy atom. The van der Waals surface area contributed by atoms with Crippen molar-refractivity contribution in [1.82, 2.24) is 10.6 Å². The van der Waals surface area contributed by atoms with Crippen LogP contribution < -0.4 is 10.6 Å². The molecule has 2 aliphatic carbocycles. The third-order valence-corrected chi connectivity index (χ3v) is 4.66. The smallest absolute Gasteiger partial charge is 0.306 e. The van der Waals surface area contributed by atoms with E-state index in [2.05, 4.69) is 10.6 Å². The summed E-state index contributed by atoms with van der Waals surface area (Å²) in [5.74, 6) is -0.802. The Bertz CT molecular complexity index is 345. The van der Waals surface area contributed by atoms with Gasteiger partial charge in [0.25, 0.3) is 0 Å². The van der Waals surface area contributed by atoms with Crippen LogP contribution in [0.3, 0.4) is 0 Å². The molecule has 0 aromatic heterocycles. The van der Waals surface area contributed by atoms with Gasteiger partial charge in [0.15, 0.2) is 0 Å². The molecule has 1 amide bonds. The van der Waals surface area contributed by atoms with Gasteiger partial charge in [-0.2, -0.15) is 0 Å². The first-order chi connectivity index (χ1) is 9.56. The first-order valence-corrected chi connectivity index (χ1v) is 7.85. The lowest BCUT2D eigenvalue weighted by molar-refractivity contribution is -0.143. The molecule has 2 rings (SSSR count). The SMILES string of the molecule is CC(NC1CCC(C(=O)O)CC1)C(=O)NC1CCCC1. The number of rotatable bonds is 5. The molecule has 5 heteroatoms. The van der Waals surface area contributed by atoms with Crippen LogP contribution >= 0.6 is 0 Å². The minimum atomic E-state index is -0.685. The standard InChI is InChI=1S/C15H26N2O3/c1-10(14(18)17-12-4-2-3-5-12)16-13-8-6-11(7-9-13)15(19)20/h10-13,16H,2-9H2,1H3,(H,17,18)(H,19,20). The van der Waals surface area contributed by atoms with Gasteiger partial charge in [0.05, 0.1) is 12.0 Å². The zero-order valence-electron chi connectivity index (χ0n) is 12.2. The lowest BCUT2D eigenvalue weighted by Gasteiger charge is -2.29. The maximum atomic E-state index is 12.1. The van der Waals surface area contributed by atoms with Crippen LogP contribution in [0.15, 0.2) is 0 Å². The second kappa shape index (κ2) is 7.07. The van der Waals surface area contributed by atoms with Crippen LogP contribution in [0.4, 0.5) is 0 Å². The number of aliphatic carboxylic acids is 1. The molecule has 114 valence electrons. The van der Waals surface area contributed by atoms with Crippen molar-refractivity contribution < 1.29 is 14.7 Å². The first-order valence-electron chi connectivity index (χ1n) is 7.85. The molecule has 1 unspecified atom stereocenters. The maximum Gasteiger partial charge on any atom is 0.306 e. The van der Waals surface area contributed by atoms with Gasteiger partial charge in [-0.3, -0.25) is 9.59 Å². The maximum absolute atomic E-state index is 12.1. The molecule has 2 saturated carbocycles. The summed E-state index contributed by atoms with van der Waals surface area (Å²) in [4.78, 5) is 23.0. The van der Waals surface area contributed by atoms with E-state index in [-0.39, 0.29) is 23.9 Å². The molecule has 0 spiro atoms. The molecular formula is C15H26N2O3. The van der Waals surface area contributed by atoms with Crippen LogP contribution in [0.2, 0.25) is 0 Å². The Morgan fingerprint density at radius 2 is 1.60 bits per heavy atom. The summed E-state index contributed by atoms with van der Waals surface area (Å²) in [7, 11) is 0. The molecule has 0 aromatic rings. The van der Waals surface area contributed by atoms with Gasteiger partial charge in [0.2, 0.25) is 5.91 Å². The number of hydrogen-bond donors (Lipinski definition) is 3. The molecule has 2 fully saturated rings. The van der Waals surface area contributed by atoms with E-state index < -0.39 is 5.97 Å². The first kappa shape index (κ1) is 15.3. The van der Waals surface area contributed by atoms with E-state index in [0.717, 1.165) is 25.7 Å². The van der Waals surface area contributed by atoms with Crippen molar-refractivity contribution in [3.63, 3.8) is 0 Å².